The number of esters is 1. The largest absolute Gasteiger partial charge is 0.431 e. The fourth-order valence-corrected chi connectivity index (χ4v) is 1.33. The molecule has 0 amide bonds. The predicted molar refractivity (Wildman–Crippen MR) is 62.6 cm³/mol. The van der Waals surface area contributed by atoms with Crippen LogP contribution in [0.3, 0.4) is 0 Å². The molecule has 1 rings (SSSR count). The topological polar surface area (TPSA) is 69.7 Å². The second-order valence-corrected chi connectivity index (χ2v) is 3.57. The Morgan fingerprint density at radius 1 is 1.28 bits per heavy atom. The van der Waals surface area contributed by atoms with Gasteiger partial charge in [0.1, 0.15) is 18.7 Å². The molecular weight excluding hydrogens is 236 g/mol. The highest BCUT2D eigenvalue weighted by molar-refractivity contribution is 5.66. The molecule has 0 saturated heterocycles. The fraction of sp³-hybridized carbons (Fsp3) is 0.308. The van der Waals surface area contributed by atoms with E-state index in [1.54, 1.807) is 30.3 Å². The number of carbonyl (C=O) groups excluding carboxylic acids is 3. The van der Waals surface area contributed by atoms with Gasteiger partial charge in [-0.25, -0.2) is 0 Å². The number of rotatable bonds is 7. The first-order valence-electron chi connectivity index (χ1n) is 5.44. The van der Waals surface area contributed by atoms with Crippen molar-refractivity contribution in [3.05, 3.63) is 35.9 Å². The van der Waals surface area contributed by atoms with Gasteiger partial charge in [-0.2, -0.15) is 0 Å². The summed E-state index contributed by atoms with van der Waals surface area (Å²) in [5, 5.41) is 0. The Balaban J connectivity index is 2.81. The lowest BCUT2D eigenvalue weighted by molar-refractivity contribution is -0.190. The van der Waals surface area contributed by atoms with Crippen molar-refractivity contribution in [3.63, 3.8) is 0 Å². The standard InChI is InChI=1S/C13H14O5/c1-10(16)17-13(11-5-3-2-4-6-11)18-12(9-15)7-8-14/h2-6,8-9,12-13H,7H2,1H3. The Morgan fingerprint density at radius 3 is 2.44 bits per heavy atom. The molecule has 5 heteroatoms. The van der Waals surface area contributed by atoms with E-state index in [1.165, 1.54) is 6.92 Å². The molecule has 0 aliphatic heterocycles. The second-order valence-electron chi connectivity index (χ2n) is 3.57. The Morgan fingerprint density at radius 2 is 1.94 bits per heavy atom. The smallest absolute Gasteiger partial charge is 0.305 e. The van der Waals surface area contributed by atoms with E-state index in [4.69, 9.17) is 9.47 Å². The molecule has 0 saturated carbocycles. The molecule has 0 aliphatic rings. The van der Waals surface area contributed by atoms with Gasteiger partial charge in [0.2, 0.25) is 6.29 Å². The van der Waals surface area contributed by atoms with Gasteiger partial charge >= 0.3 is 5.97 Å². The summed E-state index contributed by atoms with van der Waals surface area (Å²) in [4.78, 5) is 32.1. The Hall–Kier alpha value is -2.01. The van der Waals surface area contributed by atoms with E-state index in [9.17, 15) is 14.4 Å². The first-order chi connectivity index (χ1) is 8.67. The van der Waals surface area contributed by atoms with Crippen LogP contribution in [0.5, 0.6) is 0 Å². The molecule has 1 aromatic rings. The van der Waals surface area contributed by atoms with E-state index in [0.717, 1.165) is 0 Å². The number of hydrogen-bond donors (Lipinski definition) is 0. The van der Waals surface area contributed by atoms with Crippen LogP contribution in [-0.2, 0) is 23.9 Å². The van der Waals surface area contributed by atoms with Crippen LogP contribution in [0.4, 0.5) is 0 Å². The van der Waals surface area contributed by atoms with Crippen molar-refractivity contribution < 1.29 is 23.9 Å². The quantitative estimate of drug-likeness (QED) is 0.416. The van der Waals surface area contributed by atoms with Crippen LogP contribution in [0, 0.1) is 0 Å². The Labute approximate surface area is 105 Å². The SMILES string of the molecule is CC(=O)OC(OC(C=O)CC=O)c1ccccc1. The van der Waals surface area contributed by atoms with Crippen molar-refractivity contribution in [3.8, 4) is 0 Å². The third-order valence-electron chi connectivity index (χ3n) is 2.12. The van der Waals surface area contributed by atoms with Gasteiger partial charge in [0.25, 0.3) is 0 Å². The summed E-state index contributed by atoms with van der Waals surface area (Å²) in [7, 11) is 0. The normalized spacial score (nSPS) is 13.4. The van der Waals surface area contributed by atoms with Crippen LogP contribution in [0.15, 0.2) is 30.3 Å². The average Bonchev–Trinajstić information content (AvgIpc) is 2.37. The lowest BCUT2D eigenvalue weighted by atomic mass is 10.2. The Bertz CT molecular complexity index is 401. The zero-order valence-electron chi connectivity index (χ0n) is 9.94. The van der Waals surface area contributed by atoms with Crippen LogP contribution < -0.4 is 0 Å². The van der Waals surface area contributed by atoms with Crippen molar-refractivity contribution in [1.29, 1.82) is 0 Å². The van der Waals surface area contributed by atoms with E-state index in [2.05, 4.69) is 0 Å². The third-order valence-corrected chi connectivity index (χ3v) is 2.12. The first kappa shape index (κ1) is 14.1. The van der Waals surface area contributed by atoms with Crippen LogP contribution in [-0.4, -0.2) is 24.6 Å². The molecule has 0 heterocycles. The summed E-state index contributed by atoms with van der Waals surface area (Å²) in [6.45, 7) is 1.24. The van der Waals surface area contributed by atoms with Gasteiger partial charge in [-0.1, -0.05) is 30.3 Å². The third kappa shape index (κ3) is 4.47. The lowest BCUT2D eigenvalue weighted by Gasteiger charge is -2.20. The molecule has 0 aliphatic carbocycles. The van der Waals surface area contributed by atoms with Gasteiger partial charge in [0.15, 0.2) is 0 Å². The van der Waals surface area contributed by atoms with Crippen molar-refractivity contribution in [1.82, 2.24) is 0 Å². The van der Waals surface area contributed by atoms with Gasteiger partial charge in [-0.15, -0.1) is 0 Å². The molecule has 1 aromatic carbocycles. The molecule has 0 fully saturated rings. The highest BCUT2D eigenvalue weighted by Gasteiger charge is 2.20. The Kier molecular flexibility index (Phi) is 5.73. The molecule has 0 N–H and O–H groups in total. The maximum absolute atomic E-state index is 11.0. The fourth-order valence-electron chi connectivity index (χ4n) is 1.33. The van der Waals surface area contributed by atoms with Crippen molar-refractivity contribution in [2.45, 2.75) is 25.7 Å². The number of benzene rings is 1. The molecule has 2 unspecified atom stereocenters. The van der Waals surface area contributed by atoms with Gasteiger partial charge < -0.3 is 19.1 Å². The zero-order chi connectivity index (χ0) is 13.4. The van der Waals surface area contributed by atoms with Crippen LogP contribution in [0.25, 0.3) is 0 Å². The van der Waals surface area contributed by atoms with Gasteiger partial charge in [-0.05, 0) is 0 Å². The maximum Gasteiger partial charge on any atom is 0.305 e. The molecule has 2 atom stereocenters. The van der Waals surface area contributed by atoms with E-state index in [1.807, 2.05) is 0 Å². The van der Waals surface area contributed by atoms with Crippen molar-refractivity contribution in [2.75, 3.05) is 0 Å². The summed E-state index contributed by atoms with van der Waals surface area (Å²) in [5.41, 5.74) is 0.602. The summed E-state index contributed by atoms with van der Waals surface area (Å²) in [6, 6.07) is 8.72. The summed E-state index contributed by atoms with van der Waals surface area (Å²) >= 11 is 0. The number of hydrogen-bond acceptors (Lipinski definition) is 5. The highest BCUT2D eigenvalue weighted by Crippen LogP contribution is 2.21. The van der Waals surface area contributed by atoms with E-state index < -0.39 is 18.4 Å². The van der Waals surface area contributed by atoms with E-state index in [-0.39, 0.29) is 6.42 Å². The van der Waals surface area contributed by atoms with E-state index >= 15 is 0 Å². The first-order valence-corrected chi connectivity index (χ1v) is 5.44. The summed E-state index contributed by atoms with van der Waals surface area (Å²) < 4.78 is 10.3. The minimum atomic E-state index is -0.987. The van der Waals surface area contributed by atoms with Crippen LogP contribution >= 0.6 is 0 Å². The van der Waals surface area contributed by atoms with Crippen molar-refractivity contribution >= 4 is 18.5 Å². The summed E-state index contributed by atoms with van der Waals surface area (Å²) in [5.74, 6) is -0.528. The molecule has 5 nitrogen and oxygen atoms in total. The minimum Gasteiger partial charge on any atom is -0.431 e. The molecule has 18 heavy (non-hydrogen) atoms. The number of carbonyl (C=O) groups is 3. The van der Waals surface area contributed by atoms with Crippen LogP contribution in [0.2, 0.25) is 0 Å². The minimum absolute atomic E-state index is 0.0753. The second kappa shape index (κ2) is 7.34. The molecular formula is C13H14O5. The molecule has 0 aromatic heterocycles. The summed E-state index contributed by atoms with van der Waals surface area (Å²) in [6.07, 6.45) is -0.900. The molecule has 0 bridgehead atoms. The van der Waals surface area contributed by atoms with E-state index in [0.29, 0.717) is 18.1 Å². The molecule has 96 valence electrons. The van der Waals surface area contributed by atoms with Gasteiger partial charge in [0, 0.05) is 18.9 Å². The average molecular weight is 250 g/mol. The van der Waals surface area contributed by atoms with Crippen molar-refractivity contribution in [2.24, 2.45) is 0 Å². The highest BCUT2D eigenvalue weighted by atomic mass is 16.7. The maximum atomic E-state index is 11.0. The van der Waals surface area contributed by atoms with Crippen LogP contribution in [0.1, 0.15) is 25.2 Å². The van der Waals surface area contributed by atoms with Gasteiger partial charge in [-0.3, -0.25) is 4.79 Å². The molecule has 0 spiro atoms. The lowest BCUT2D eigenvalue weighted by Crippen LogP contribution is -2.22. The molecule has 0 radical (unpaired) electrons. The number of ether oxygens (including phenoxy) is 2. The van der Waals surface area contributed by atoms with Gasteiger partial charge in [0.05, 0.1) is 0 Å². The number of aldehydes is 2. The predicted octanol–water partition coefficient (Wildman–Crippen LogP) is 1.42. The monoisotopic (exact) mass is 250 g/mol. The zero-order valence-corrected chi connectivity index (χ0v) is 9.94.